The van der Waals surface area contributed by atoms with Crippen LogP contribution in [0, 0.1) is 11.3 Å². The average Bonchev–Trinajstić information content (AvgIpc) is 3.18. The molecule has 0 radical (unpaired) electrons. The predicted molar refractivity (Wildman–Crippen MR) is 101 cm³/mol. The lowest BCUT2D eigenvalue weighted by molar-refractivity contribution is -0.117. The van der Waals surface area contributed by atoms with Crippen LogP contribution in [0.1, 0.15) is 12.2 Å². The molecule has 26 heavy (non-hydrogen) atoms. The molecule has 0 saturated carbocycles. The molecule has 1 amide bonds. The van der Waals surface area contributed by atoms with Crippen molar-refractivity contribution in [3.63, 3.8) is 0 Å². The quantitative estimate of drug-likeness (QED) is 0.588. The number of amides is 1. The van der Waals surface area contributed by atoms with Crippen molar-refractivity contribution in [2.75, 3.05) is 11.5 Å². The number of halogens is 1. The molecule has 2 aromatic rings. The fourth-order valence-electron chi connectivity index (χ4n) is 2.69. The van der Waals surface area contributed by atoms with E-state index in [0.29, 0.717) is 17.9 Å². The summed E-state index contributed by atoms with van der Waals surface area (Å²) in [6, 6.07) is 12.3. The van der Waals surface area contributed by atoms with Gasteiger partial charge in [0.1, 0.15) is 23.2 Å². The van der Waals surface area contributed by atoms with Gasteiger partial charge in [-0.1, -0.05) is 28.1 Å². The molecule has 1 aliphatic heterocycles. The van der Waals surface area contributed by atoms with Crippen LogP contribution in [0.3, 0.4) is 0 Å². The predicted octanol–water partition coefficient (Wildman–Crippen LogP) is 2.92. The average molecular weight is 435 g/mol. The molecule has 0 bridgehead atoms. The van der Waals surface area contributed by atoms with Crippen molar-refractivity contribution in [1.29, 1.82) is 5.26 Å². The van der Waals surface area contributed by atoms with Gasteiger partial charge in [0.15, 0.2) is 9.84 Å². The monoisotopic (exact) mass is 434 g/mol. The van der Waals surface area contributed by atoms with Gasteiger partial charge >= 0.3 is 0 Å². The van der Waals surface area contributed by atoms with E-state index in [9.17, 15) is 18.5 Å². The number of nitrogens with one attached hydrogen (secondary N) is 1. The number of sulfone groups is 1. The summed E-state index contributed by atoms with van der Waals surface area (Å²) in [7, 11) is -3.10. The lowest BCUT2D eigenvalue weighted by Gasteiger charge is -2.09. The van der Waals surface area contributed by atoms with Gasteiger partial charge in [0.05, 0.1) is 11.5 Å². The van der Waals surface area contributed by atoms with Crippen LogP contribution in [0.25, 0.3) is 17.4 Å². The molecule has 1 aliphatic rings. The molecule has 0 spiro atoms. The minimum atomic E-state index is -3.10. The number of carbonyl (C=O) groups excluding carboxylic acids is 1. The Morgan fingerprint density at radius 3 is 2.81 bits per heavy atom. The van der Waals surface area contributed by atoms with E-state index < -0.39 is 21.8 Å². The first kappa shape index (κ1) is 18.4. The molecule has 1 atom stereocenters. The van der Waals surface area contributed by atoms with Gasteiger partial charge in [0.25, 0.3) is 5.91 Å². The lowest BCUT2D eigenvalue weighted by atomic mass is 10.2. The zero-order chi connectivity index (χ0) is 18.7. The van der Waals surface area contributed by atoms with Crippen molar-refractivity contribution in [3.05, 3.63) is 52.2 Å². The lowest BCUT2D eigenvalue weighted by Crippen LogP contribution is -2.36. The normalized spacial score (nSPS) is 19.1. The van der Waals surface area contributed by atoms with Gasteiger partial charge < -0.3 is 9.73 Å². The number of rotatable bonds is 4. The molecular weight excluding hydrogens is 420 g/mol. The van der Waals surface area contributed by atoms with E-state index in [1.807, 2.05) is 30.3 Å². The number of nitriles is 1. The highest BCUT2D eigenvalue weighted by Crippen LogP contribution is 2.26. The summed E-state index contributed by atoms with van der Waals surface area (Å²) in [5, 5.41) is 11.8. The van der Waals surface area contributed by atoms with Crippen molar-refractivity contribution >= 4 is 37.8 Å². The minimum absolute atomic E-state index is 0.0533. The third kappa shape index (κ3) is 4.42. The molecule has 1 fully saturated rings. The van der Waals surface area contributed by atoms with Gasteiger partial charge in [0.2, 0.25) is 0 Å². The van der Waals surface area contributed by atoms with Gasteiger partial charge in [-0.2, -0.15) is 5.26 Å². The van der Waals surface area contributed by atoms with Gasteiger partial charge in [-0.25, -0.2) is 8.42 Å². The summed E-state index contributed by atoms with van der Waals surface area (Å²) < 4.78 is 29.5. The molecule has 134 valence electrons. The Morgan fingerprint density at radius 1 is 1.35 bits per heavy atom. The van der Waals surface area contributed by atoms with E-state index in [-0.39, 0.29) is 17.1 Å². The maximum Gasteiger partial charge on any atom is 0.262 e. The molecule has 1 aromatic heterocycles. The van der Waals surface area contributed by atoms with Gasteiger partial charge in [0, 0.05) is 22.2 Å². The first-order valence-electron chi connectivity index (χ1n) is 7.85. The Balaban J connectivity index is 1.75. The molecule has 1 unspecified atom stereocenters. The molecule has 3 rings (SSSR count). The summed E-state index contributed by atoms with van der Waals surface area (Å²) in [5.41, 5.74) is 0.725. The minimum Gasteiger partial charge on any atom is -0.457 e. The summed E-state index contributed by atoms with van der Waals surface area (Å²) in [4.78, 5) is 12.2. The van der Waals surface area contributed by atoms with Crippen LogP contribution in [0.5, 0.6) is 0 Å². The molecule has 6 nitrogen and oxygen atoms in total. The Labute approximate surface area is 159 Å². The summed E-state index contributed by atoms with van der Waals surface area (Å²) in [5.74, 6) is 0.334. The van der Waals surface area contributed by atoms with Crippen molar-refractivity contribution < 1.29 is 17.6 Å². The Bertz CT molecular complexity index is 1020. The zero-order valence-corrected chi connectivity index (χ0v) is 16.0. The second-order valence-electron chi connectivity index (χ2n) is 5.96. The summed E-state index contributed by atoms with van der Waals surface area (Å²) in [6.45, 7) is 0. The Kier molecular flexibility index (Phi) is 5.30. The van der Waals surface area contributed by atoms with Crippen molar-refractivity contribution in [3.8, 4) is 17.4 Å². The second kappa shape index (κ2) is 7.48. The number of benzene rings is 1. The highest BCUT2D eigenvalue weighted by Gasteiger charge is 2.29. The number of carbonyl (C=O) groups is 1. The van der Waals surface area contributed by atoms with E-state index >= 15 is 0 Å². The topological polar surface area (TPSA) is 100 Å². The van der Waals surface area contributed by atoms with Crippen LogP contribution in [0.4, 0.5) is 0 Å². The fraction of sp³-hybridized carbons (Fsp3) is 0.222. The van der Waals surface area contributed by atoms with E-state index in [2.05, 4.69) is 21.2 Å². The molecule has 1 N–H and O–H groups in total. The van der Waals surface area contributed by atoms with E-state index in [1.165, 1.54) is 6.08 Å². The molecule has 0 aliphatic carbocycles. The first-order valence-corrected chi connectivity index (χ1v) is 10.5. The standard InChI is InChI=1S/C18H15BrN2O4S/c19-14-3-1-2-12(8-14)17-5-4-16(25-17)9-13(10-20)18(22)21-15-6-7-26(23,24)11-15/h1-5,8-9,15H,6-7,11H2,(H,21,22). The third-order valence-electron chi connectivity index (χ3n) is 3.96. The van der Waals surface area contributed by atoms with E-state index in [1.54, 1.807) is 12.1 Å². The highest BCUT2D eigenvalue weighted by molar-refractivity contribution is 9.10. The molecule has 1 aromatic carbocycles. The molecule has 1 saturated heterocycles. The maximum absolute atomic E-state index is 12.2. The van der Waals surface area contributed by atoms with Crippen LogP contribution in [-0.2, 0) is 14.6 Å². The second-order valence-corrected chi connectivity index (χ2v) is 9.10. The van der Waals surface area contributed by atoms with Gasteiger partial charge in [-0.05, 0) is 30.7 Å². The molecular formula is C18H15BrN2O4S. The van der Waals surface area contributed by atoms with Gasteiger partial charge in [-0.3, -0.25) is 4.79 Å². The van der Waals surface area contributed by atoms with E-state index in [0.717, 1.165) is 10.0 Å². The van der Waals surface area contributed by atoms with E-state index in [4.69, 9.17) is 4.42 Å². The largest absolute Gasteiger partial charge is 0.457 e. The number of furan rings is 1. The number of nitrogens with zero attached hydrogens (tertiary/aromatic N) is 1. The number of hydrogen-bond donors (Lipinski definition) is 1. The number of hydrogen-bond acceptors (Lipinski definition) is 5. The summed E-state index contributed by atoms with van der Waals surface area (Å²) >= 11 is 3.39. The molecule has 2 heterocycles. The smallest absolute Gasteiger partial charge is 0.262 e. The Morgan fingerprint density at radius 2 is 2.15 bits per heavy atom. The SMILES string of the molecule is N#CC(=Cc1ccc(-c2cccc(Br)c2)o1)C(=O)NC1CCS(=O)(=O)C1. The fourth-order valence-corrected chi connectivity index (χ4v) is 4.76. The Hall–Kier alpha value is -2.37. The van der Waals surface area contributed by atoms with Gasteiger partial charge in [-0.15, -0.1) is 0 Å². The first-order chi connectivity index (χ1) is 12.4. The highest BCUT2D eigenvalue weighted by atomic mass is 79.9. The zero-order valence-electron chi connectivity index (χ0n) is 13.6. The summed E-state index contributed by atoms with van der Waals surface area (Å²) in [6.07, 6.45) is 1.71. The molecule has 8 heteroatoms. The van der Waals surface area contributed by atoms with Crippen molar-refractivity contribution in [1.82, 2.24) is 5.32 Å². The van der Waals surface area contributed by atoms with Crippen molar-refractivity contribution in [2.45, 2.75) is 12.5 Å². The van der Waals surface area contributed by atoms with Crippen molar-refractivity contribution in [2.24, 2.45) is 0 Å². The van der Waals surface area contributed by atoms with Crippen LogP contribution >= 0.6 is 15.9 Å². The van der Waals surface area contributed by atoms with Crippen LogP contribution in [0.2, 0.25) is 0 Å². The maximum atomic E-state index is 12.2. The van der Waals surface area contributed by atoms with Crippen LogP contribution < -0.4 is 5.32 Å². The van der Waals surface area contributed by atoms with Crippen LogP contribution in [-0.4, -0.2) is 31.9 Å². The third-order valence-corrected chi connectivity index (χ3v) is 6.22. The van der Waals surface area contributed by atoms with Crippen LogP contribution in [0.15, 0.2) is 50.9 Å².